The maximum absolute atomic E-state index is 5.67. The molecule has 0 bridgehead atoms. The molecule has 0 N–H and O–H groups in total. The van der Waals surface area contributed by atoms with Gasteiger partial charge in [-0.25, -0.2) is 0 Å². The van der Waals surface area contributed by atoms with Crippen LogP contribution in [0.4, 0.5) is 0 Å². The van der Waals surface area contributed by atoms with Crippen LogP contribution in [0.1, 0.15) is 27.2 Å². The zero-order chi connectivity index (χ0) is 9.56. The van der Waals surface area contributed by atoms with Gasteiger partial charge in [0, 0.05) is 18.5 Å². The van der Waals surface area contributed by atoms with Gasteiger partial charge in [0.15, 0.2) is 0 Å². The van der Waals surface area contributed by atoms with Crippen molar-refractivity contribution in [3.63, 3.8) is 0 Å². The van der Waals surface area contributed by atoms with Gasteiger partial charge in [0.2, 0.25) is 0 Å². The Morgan fingerprint density at radius 2 is 2.08 bits per heavy atom. The van der Waals surface area contributed by atoms with Gasteiger partial charge in [0.25, 0.3) is 0 Å². The van der Waals surface area contributed by atoms with Crippen LogP contribution in [0.3, 0.4) is 0 Å². The lowest BCUT2D eigenvalue weighted by atomic mass is 10.2. The first-order valence-electron chi connectivity index (χ1n) is 4.62. The Bertz CT molecular complexity index is 134. The first-order valence-corrected chi connectivity index (χ1v) is 5.15. The van der Waals surface area contributed by atoms with Crippen LogP contribution in [-0.2, 0) is 0 Å². The maximum atomic E-state index is 5.67. The fourth-order valence-electron chi connectivity index (χ4n) is 1.17. The lowest BCUT2D eigenvalue weighted by Crippen LogP contribution is -2.34. The van der Waals surface area contributed by atoms with Crippen LogP contribution in [0.15, 0.2) is 12.2 Å². The minimum absolute atomic E-state index is 0.576. The number of hydrogen-bond donors (Lipinski definition) is 0. The third-order valence-electron chi connectivity index (χ3n) is 2.24. The van der Waals surface area contributed by atoms with E-state index in [1.807, 2.05) is 0 Å². The Hall–Kier alpha value is -0.0100. The molecule has 72 valence electrons. The predicted octanol–water partition coefficient (Wildman–Crippen LogP) is 2.90. The summed E-state index contributed by atoms with van der Waals surface area (Å²) in [4.78, 5) is 2.39. The first-order chi connectivity index (χ1) is 5.65. The number of rotatable bonds is 6. The monoisotopic (exact) mass is 189 g/mol. The van der Waals surface area contributed by atoms with E-state index < -0.39 is 0 Å². The van der Waals surface area contributed by atoms with Crippen molar-refractivity contribution in [1.82, 2.24) is 4.90 Å². The van der Waals surface area contributed by atoms with E-state index in [4.69, 9.17) is 11.6 Å². The molecule has 0 spiro atoms. The Balaban J connectivity index is 3.90. The summed E-state index contributed by atoms with van der Waals surface area (Å²) in [6.07, 6.45) is 1.18. The highest BCUT2D eigenvalue weighted by Gasteiger charge is 2.09. The van der Waals surface area contributed by atoms with Gasteiger partial charge in [0.05, 0.1) is 0 Å². The molecule has 0 radical (unpaired) electrons. The highest BCUT2D eigenvalue weighted by atomic mass is 35.5. The summed E-state index contributed by atoms with van der Waals surface area (Å²) in [5.41, 5.74) is 1.11. The molecular weight excluding hydrogens is 170 g/mol. The molecule has 1 unspecified atom stereocenters. The molecule has 12 heavy (non-hydrogen) atoms. The van der Waals surface area contributed by atoms with Crippen molar-refractivity contribution in [2.75, 3.05) is 19.0 Å². The minimum Gasteiger partial charge on any atom is -0.297 e. The average molecular weight is 190 g/mol. The van der Waals surface area contributed by atoms with Crippen molar-refractivity contribution in [3.8, 4) is 0 Å². The molecule has 0 aliphatic heterocycles. The Morgan fingerprint density at radius 1 is 1.50 bits per heavy atom. The van der Waals surface area contributed by atoms with Crippen molar-refractivity contribution in [1.29, 1.82) is 0 Å². The van der Waals surface area contributed by atoms with E-state index in [1.54, 1.807) is 0 Å². The summed E-state index contributed by atoms with van der Waals surface area (Å²) < 4.78 is 0. The van der Waals surface area contributed by atoms with E-state index in [-0.39, 0.29) is 0 Å². The summed E-state index contributed by atoms with van der Waals surface area (Å²) in [6, 6.07) is 0.634. The number of halogens is 1. The summed E-state index contributed by atoms with van der Waals surface area (Å²) in [7, 11) is 0. The minimum atomic E-state index is 0.576. The largest absolute Gasteiger partial charge is 0.297 e. The fourth-order valence-corrected chi connectivity index (χ4v) is 1.25. The molecule has 0 aromatic carbocycles. The van der Waals surface area contributed by atoms with Gasteiger partial charge in [-0.3, -0.25) is 4.90 Å². The smallest absolute Gasteiger partial charge is 0.0443 e. The highest BCUT2D eigenvalue weighted by molar-refractivity contribution is 6.19. The Labute approximate surface area is 81.4 Å². The third-order valence-corrected chi connectivity index (χ3v) is 2.61. The van der Waals surface area contributed by atoms with Gasteiger partial charge < -0.3 is 0 Å². The molecule has 0 saturated heterocycles. The quantitative estimate of drug-likeness (QED) is 0.459. The van der Waals surface area contributed by atoms with Gasteiger partial charge in [-0.1, -0.05) is 20.4 Å². The summed E-state index contributed by atoms with van der Waals surface area (Å²) >= 11 is 5.67. The van der Waals surface area contributed by atoms with Gasteiger partial charge in [-0.05, 0) is 25.5 Å². The number of alkyl halides is 1. The van der Waals surface area contributed by atoms with Crippen molar-refractivity contribution in [3.05, 3.63) is 12.2 Å². The molecule has 0 amide bonds. The molecule has 2 heteroatoms. The van der Waals surface area contributed by atoms with E-state index in [1.165, 1.54) is 6.42 Å². The summed E-state index contributed by atoms with van der Waals surface area (Å²) in [6.45, 7) is 12.5. The standard InChI is InChI=1S/C10H20ClN/c1-5-10(4)12(6-2)8-9(3)7-11/h10H,3,5-8H2,1-2,4H3. The van der Waals surface area contributed by atoms with Gasteiger partial charge in [-0.2, -0.15) is 0 Å². The molecular formula is C10H20ClN. The van der Waals surface area contributed by atoms with Crippen LogP contribution < -0.4 is 0 Å². The van der Waals surface area contributed by atoms with Crippen LogP contribution in [0, 0.1) is 0 Å². The SMILES string of the molecule is C=C(CCl)CN(CC)C(C)CC. The Morgan fingerprint density at radius 3 is 2.42 bits per heavy atom. The molecule has 0 aliphatic carbocycles. The molecule has 0 heterocycles. The van der Waals surface area contributed by atoms with Crippen LogP contribution >= 0.6 is 11.6 Å². The second kappa shape index (κ2) is 6.50. The van der Waals surface area contributed by atoms with Crippen molar-refractivity contribution >= 4 is 11.6 Å². The van der Waals surface area contributed by atoms with E-state index in [9.17, 15) is 0 Å². The third kappa shape index (κ3) is 4.13. The first kappa shape index (κ1) is 12.0. The van der Waals surface area contributed by atoms with Gasteiger partial charge in [0.1, 0.15) is 0 Å². The van der Waals surface area contributed by atoms with Crippen LogP contribution in [0.2, 0.25) is 0 Å². The van der Waals surface area contributed by atoms with E-state index in [0.29, 0.717) is 11.9 Å². The summed E-state index contributed by atoms with van der Waals surface area (Å²) in [5, 5.41) is 0. The second-order valence-electron chi connectivity index (χ2n) is 3.20. The molecule has 1 atom stereocenters. The maximum Gasteiger partial charge on any atom is 0.0443 e. The van der Waals surface area contributed by atoms with Crippen molar-refractivity contribution < 1.29 is 0 Å². The van der Waals surface area contributed by atoms with E-state index >= 15 is 0 Å². The fraction of sp³-hybridized carbons (Fsp3) is 0.800. The normalized spacial score (nSPS) is 13.4. The summed E-state index contributed by atoms with van der Waals surface area (Å²) in [5.74, 6) is 0.576. The number of likely N-dealkylation sites (N-methyl/N-ethyl adjacent to an activating group) is 1. The predicted molar refractivity (Wildman–Crippen MR) is 56.9 cm³/mol. The van der Waals surface area contributed by atoms with E-state index in [0.717, 1.165) is 18.7 Å². The molecule has 0 fully saturated rings. The van der Waals surface area contributed by atoms with Crippen molar-refractivity contribution in [2.24, 2.45) is 0 Å². The molecule has 1 nitrogen and oxygen atoms in total. The molecule has 0 aromatic heterocycles. The second-order valence-corrected chi connectivity index (χ2v) is 3.47. The lowest BCUT2D eigenvalue weighted by molar-refractivity contribution is 0.233. The molecule has 0 aromatic rings. The zero-order valence-electron chi connectivity index (χ0n) is 8.44. The number of hydrogen-bond acceptors (Lipinski definition) is 1. The molecule has 0 aliphatic rings. The van der Waals surface area contributed by atoms with Crippen LogP contribution in [0.25, 0.3) is 0 Å². The van der Waals surface area contributed by atoms with Crippen LogP contribution in [0.5, 0.6) is 0 Å². The lowest BCUT2D eigenvalue weighted by Gasteiger charge is -2.27. The highest BCUT2D eigenvalue weighted by Crippen LogP contribution is 2.06. The van der Waals surface area contributed by atoms with Gasteiger partial charge >= 0.3 is 0 Å². The zero-order valence-corrected chi connectivity index (χ0v) is 9.19. The molecule has 0 rings (SSSR count). The van der Waals surface area contributed by atoms with Crippen molar-refractivity contribution in [2.45, 2.75) is 33.2 Å². The number of nitrogens with zero attached hydrogens (tertiary/aromatic N) is 1. The Kier molecular flexibility index (Phi) is 6.49. The average Bonchev–Trinajstić information content (AvgIpc) is 2.12. The topological polar surface area (TPSA) is 3.24 Å². The van der Waals surface area contributed by atoms with Crippen LogP contribution in [-0.4, -0.2) is 29.9 Å². The van der Waals surface area contributed by atoms with Gasteiger partial charge in [-0.15, -0.1) is 11.6 Å². The molecule has 0 saturated carbocycles. The van der Waals surface area contributed by atoms with E-state index in [2.05, 4.69) is 32.3 Å².